The fourth-order valence-electron chi connectivity index (χ4n) is 6.39. The van der Waals surface area contributed by atoms with Gasteiger partial charge in [-0.15, -0.1) is 0 Å². The third-order valence-corrected chi connectivity index (χ3v) is 7.92. The average molecular weight is 392 g/mol. The molecule has 1 aromatic rings. The van der Waals surface area contributed by atoms with E-state index in [9.17, 15) is 9.59 Å². The molecule has 1 heterocycles. The molecule has 1 aromatic carbocycles. The van der Waals surface area contributed by atoms with Gasteiger partial charge in [-0.05, 0) is 79.3 Å². The molecule has 0 spiro atoms. The Labute approximate surface area is 172 Å². The second-order valence-electron chi connectivity index (χ2n) is 9.49. The molecule has 2 saturated carbocycles. The van der Waals surface area contributed by atoms with Crippen LogP contribution in [-0.4, -0.2) is 23.7 Å². The largest absolute Gasteiger partial charge is 0.423 e. The number of hydrogen-bond donors (Lipinski definition) is 0. The topological polar surface area (TPSA) is 46.6 Å². The Hall–Kier alpha value is -2.36. The number of aryl methyl sites for hydroxylation is 1. The van der Waals surface area contributed by atoms with E-state index in [1.54, 1.807) is 0 Å². The summed E-state index contributed by atoms with van der Waals surface area (Å²) in [6, 6.07) is 6.20. The van der Waals surface area contributed by atoms with Crippen molar-refractivity contribution < 1.29 is 14.3 Å². The first-order valence-electron chi connectivity index (χ1n) is 10.9. The van der Waals surface area contributed by atoms with Gasteiger partial charge < -0.3 is 9.64 Å². The van der Waals surface area contributed by atoms with Crippen LogP contribution in [0.4, 0.5) is 0 Å². The van der Waals surface area contributed by atoms with E-state index in [4.69, 9.17) is 4.74 Å². The summed E-state index contributed by atoms with van der Waals surface area (Å²) >= 11 is 0. The van der Waals surface area contributed by atoms with Crippen LogP contribution >= 0.6 is 0 Å². The van der Waals surface area contributed by atoms with Crippen LogP contribution in [0.3, 0.4) is 0 Å². The zero-order valence-electron chi connectivity index (χ0n) is 17.3. The van der Waals surface area contributed by atoms with Gasteiger partial charge in [0.05, 0.1) is 5.57 Å². The molecule has 1 aliphatic heterocycles. The summed E-state index contributed by atoms with van der Waals surface area (Å²) in [4.78, 5) is 26.9. The molecule has 2 fully saturated rings. The van der Waals surface area contributed by atoms with Gasteiger partial charge in [0.25, 0.3) is 0 Å². The lowest BCUT2D eigenvalue weighted by Crippen LogP contribution is -2.42. The predicted octanol–water partition coefficient (Wildman–Crippen LogP) is 4.75. The van der Waals surface area contributed by atoms with E-state index in [0.717, 1.165) is 38.5 Å². The van der Waals surface area contributed by atoms with E-state index in [2.05, 4.69) is 19.1 Å². The Bertz CT molecular complexity index is 930. The third kappa shape index (κ3) is 3.04. The van der Waals surface area contributed by atoms with Gasteiger partial charge in [0.15, 0.2) is 0 Å². The monoisotopic (exact) mass is 391 g/mol. The number of Topliss-reactive ketones (excluding diaryl/α,β-unsaturated/α-hetero) is 1. The van der Waals surface area contributed by atoms with Crippen LogP contribution in [-0.2, 0) is 16.0 Å². The van der Waals surface area contributed by atoms with Gasteiger partial charge in [0, 0.05) is 31.5 Å². The Morgan fingerprint density at radius 3 is 2.90 bits per heavy atom. The Morgan fingerprint density at radius 2 is 2.07 bits per heavy atom. The number of esters is 1. The van der Waals surface area contributed by atoms with Crippen molar-refractivity contribution >= 4 is 11.8 Å². The quantitative estimate of drug-likeness (QED) is 0.539. The fourth-order valence-corrected chi connectivity index (χ4v) is 6.39. The molecule has 0 amide bonds. The van der Waals surface area contributed by atoms with E-state index in [-0.39, 0.29) is 11.4 Å². The van der Waals surface area contributed by atoms with Gasteiger partial charge in [0.2, 0.25) is 0 Å². The molecule has 29 heavy (non-hydrogen) atoms. The zero-order valence-corrected chi connectivity index (χ0v) is 17.3. The summed E-state index contributed by atoms with van der Waals surface area (Å²) in [5.74, 6) is 2.58. The number of carbonyl (C=O) groups is 2. The number of nitrogens with zero attached hydrogens (tertiary/aromatic N) is 1. The summed E-state index contributed by atoms with van der Waals surface area (Å²) in [7, 11) is 1.91. The summed E-state index contributed by atoms with van der Waals surface area (Å²) in [6.45, 7) is 2.22. The van der Waals surface area contributed by atoms with Crippen molar-refractivity contribution in [3.05, 3.63) is 53.4 Å². The Morgan fingerprint density at radius 1 is 1.21 bits per heavy atom. The summed E-state index contributed by atoms with van der Waals surface area (Å²) in [5.41, 5.74) is 3.33. The molecule has 4 aliphatic rings. The predicted molar refractivity (Wildman–Crippen MR) is 111 cm³/mol. The molecule has 3 aliphatic carbocycles. The molecule has 0 N–H and O–H groups in total. The number of allylic oxidation sites excluding steroid dienone is 1. The number of hydrogen-bond acceptors (Lipinski definition) is 4. The molecule has 4 atom stereocenters. The molecule has 4 nitrogen and oxygen atoms in total. The normalized spacial score (nSPS) is 32.9. The van der Waals surface area contributed by atoms with E-state index >= 15 is 0 Å². The maximum atomic E-state index is 12.5. The van der Waals surface area contributed by atoms with Crippen LogP contribution in [0, 0.1) is 17.3 Å². The molecule has 0 saturated heterocycles. The van der Waals surface area contributed by atoms with Gasteiger partial charge in [0.1, 0.15) is 11.5 Å². The standard InChI is InChI=1S/C25H29NO3/c1-25-12-11-20-19-8-6-18(29-24(28)17-4-3-13-26(2)15-17)14-16(19)5-7-21(20)22(25)9-10-23(25)27/h3,6,8,13-15,20-22H,4-5,7,9-12H2,1-2H3. The van der Waals surface area contributed by atoms with Gasteiger partial charge in [-0.25, -0.2) is 4.79 Å². The Kier molecular flexibility index (Phi) is 4.41. The minimum absolute atomic E-state index is 0.0799. The lowest BCUT2D eigenvalue weighted by molar-refractivity contribution is -0.130. The highest BCUT2D eigenvalue weighted by molar-refractivity contribution is 5.90. The highest BCUT2D eigenvalue weighted by atomic mass is 16.5. The van der Waals surface area contributed by atoms with Crippen LogP contribution in [0.2, 0.25) is 0 Å². The number of carbonyl (C=O) groups excluding carboxylic acids is 2. The second-order valence-corrected chi connectivity index (χ2v) is 9.49. The van der Waals surface area contributed by atoms with Gasteiger partial charge in [-0.1, -0.05) is 19.1 Å². The van der Waals surface area contributed by atoms with E-state index in [1.165, 1.54) is 11.1 Å². The van der Waals surface area contributed by atoms with E-state index < -0.39 is 0 Å². The second kappa shape index (κ2) is 6.86. The van der Waals surface area contributed by atoms with Gasteiger partial charge >= 0.3 is 5.97 Å². The van der Waals surface area contributed by atoms with E-state index in [0.29, 0.717) is 41.3 Å². The van der Waals surface area contributed by atoms with Gasteiger partial charge in [-0.3, -0.25) is 4.79 Å². The highest BCUT2D eigenvalue weighted by Crippen LogP contribution is 2.59. The first kappa shape index (κ1) is 18.7. The first-order chi connectivity index (χ1) is 14.0. The smallest absolute Gasteiger partial charge is 0.341 e. The maximum absolute atomic E-state index is 12.5. The SMILES string of the molecule is CN1C=CCC(C(=O)Oc2ccc3c(c2)CCC2C3CCC3(C)C(=O)CCC23)=C1. The van der Waals surface area contributed by atoms with Crippen molar-refractivity contribution in [1.29, 1.82) is 0 Å². The average Bonchev–Trinajstić information content (AvgIpc) is 3.02. The van der Waals surface area contributed by atoms with Crippen LogP contribution < -0.4 is 4.74 Å². The minimum Gasteiger partial charge on any atom is -0.423 e. The molecular weight excluding hydrogens is 362 g/mol. The third-order valence-electron chi connectivity index (χ3n) is 7.92. The number of fused-ring (bicyclic) bond motifs is 5. The van der Waals surface area contributed by atoms with Crippen LogP contribution in [0.15, 0.2) is 42.2 Å². The van der Waals surface area contributed by atoms with Crippen molar-refractivity contribution in [2.45, 2.75) is 57.8 Å². The van der Waals surface area contributed by atoms with Crippen molar-refractivity contribution in [1.82, 2.24) is 4.90 Å². The van der Waals surface area contributed by atoms with E-state index in [1.807, 2.05) is 36.5 Å². The molecular formula is C25H29NO3. The number of benzene rings is 1. The van der Waals surface area contributed by atoms with Crippen molar-refractivity contribution in [3.63, 3.8) is 0 Å². The molecule has 5 rings (SSSR count). The lowest BCUT2D eigenvalue weighted by Gasteiger charge is -2.48. The van der Waals surface area contributed by atoms with Crippen molar-refractivity contribution in [2.75, 3.05) is 7.05 Å². The molecule has 0 aromatic heterocycles. The maximum Gasteiger partial charge on any atom is 0.341 e. The molecule has 0 bridgehead atoms. The summed E-state index contributed by atoms with van der Waals surface area (Å²) in [6.07, 6.45) is 12.5. The molecule has 152 valence electrons. The summed E-state index contributed by atoms with van der Waals surface area (Å²) < 4.78 is 5.69. The number of ether oxygens (including phenoxy) is 1. The fraction of sp³-hybridized carbons (Fsp3) is 0.520. The van der Waals surface area contributed by atoms with Crippen LogP contribution in [0.5, 0.6) is 5.75 Å². The highest BCUT2D eigenvalue weighted by Gasteiger charge is 2.54. The first-order valence-corrected chi connectivity index (χ1v) is 10.9. The lowest BCUT2D eigenvalue weighted by atomic mass is 9.55. The van der Waals surface area contributed by atoms with Crippen molar-refractivity contribution in [2.24, 2.45) is 17.3 Å². The zero-order chi connectivity index (χ0) is 20.2. The number of ketones is 1. The molecule has 0 radical (unpaired) electrons. The van der Waals surface area contributed by atoms with Crippen molar-refractivity contribution in [3.8, 4) is 5.75 Å². The van der Waals surface area contributed by atoms with Crippen LogP contribution in [0.1, 0.15) is 62.5 Å². The van der Waals surface area contributed by atoms with Crippen LogP contribution in [0.25, 0.3) is 0 Å². The van der Waals surface area contributed by atoms with Gasteiger partial charge in [-0.2, -0.15) is 0 Å². The summed E-state index contributed by atoms with van der Waals surface area (Å²) in [5, 5.41) is 0. The Balaban J connectivity index is 1.35. The molecule has 4 unspecified atom stereocenters. The minimum atomic E-state index is -0.271. The number of rotatable bonds is 2. The molecule has 4 heteroatoms.